The number of benzene rings is 2. The second-order valence-electron chi connectivity index (χ2n) is 9.90. The van der Waals surface area contributed by atoms with Crippen molar-refractivity contribution in [2.75, 3.05) is 19.0 Å². The fraction of sp³-hybridized carbons (Fsp3) is 0.281. The van der Waals surface area contributed by atoms with Gasteiger partial charge in [0.1, 0.15) is 29.7 Å². The number of nitrogens with one attached hydrogen (secondary N) is 1. The van der Waals surface area contributed by atoms with Crippen LogP contribution in [0.1, 0.15) is 36.1 Å². The quantitative estimate of drug-likeness (QED) is 0.177. The van der Waals surface area contributed by atoms with Gasteiger partial charge in [0.05, 0.1) is 31.0 Å². The lowest BCUT2D eigenvalue weighted by Crippen LogP contribution is -2.17. The minimum absolute atomic E-state index is 0.115. The zero-order chi connectivity index (χ0) is 30.4. The highest BCUT2D eigenvalue weighted by Crippen LogP contribution is 2.50. The van der Waals surface area contributed by atoms with Gasteiger partial charge in [-0.3, -0.25) is 4.79 Å². The molecule has 43 heavy (non-hydrogen) atoms. The van der Waals surface area contributed by atoms with Gasteiger partial charge in [-0.1, -0.05) is 24.3 Å². The van der Waals surface area contributed by atoms with Gasteiger partial charge in [0.2, 0.25) is 0 Å². The predicted octanol–water partition coefficient (Wildman–Crippen LogP) is 6.91. The summed E-state index contributed by atoms with van der Waals surface area (Å²) in [7, 11) is 1.61. The fourth-order valence-electron chi connectivity index (χ4n) is 4.60. The van der Waals surface area contributed by atoms with Gasteiger partial charge < -0.3 is 24.3 Å². The number of carbonyl (C=O) groups excluding carboxylic acids is 1. The van der Waals surface area contributed by atoms with Gasteiger partial charge in [-0.05, 0) is 73.0 Å². The van der Waals surface area contributed by atoms with Crippen LogP contribution in [0.5, 0.6) is 17.2 Å². The Bertz CT molecular complexity index is 1550. The Morgan fingerprint density at radius 2 is 1.81 bits per heavy atom. The highest BCUT2D eigenvalue weighted by Gasteiger charge is 2.47. The molecule has 0 saturated heterocycles. The molecule has 1 saturated carbocycles. The number of aromatic nitrogens is 2. The molecule has 224 valence electrons. The van der Waals surface area contributed by atoms with Crippen molar-refractivity contribution in [3.63, 3.8) is 0 Å². The average molecular weight is 594 g/mol. The highest BCUT2D eigenvalue weighted by molar-refractivity contribution is 5.77. The molecular formula is C32H30F3N3O5. The van der Waals surface area contributed by atoms with Crippen molar-refractivity contribution in [1.29, 1.82) is 0 Å². The molecule has 0 aliphatic heterocycles. The molecule has 2 aromatic carbocycles. The number of ether oxygens (including phenoxy) is 4. The summed E-state index contributed by atoms with van der Waals surface area (Å²) < 4.78 is 58.2. The number of nitrogens with zero attached hydrogens (tertiary/aromatic N) is 2. The fourth-order valence-corrected chi connectivity index (χ4v) is 4.60. The molecule has 0 amide bonds. The van der Waals surface area contributed by atoms with Gasteiger partial charge in [-0.25, -0.2) is 9.97 Å². The van der Waals surface area contributed by atoms with Gasteiger partial charge in [0, 0.05) is 24.2 Å². The van der Waals surface area contributed by atoms with Crippen LogP contribution in [-0.2, 0) is 22.7 Å². The van der Waals surface area contributed by atoms with Crippen LogP contribution in [-0.4, -0.2) is 36.0 Å². The average Bonchev–Trinajstić information content (AvgIpc) is 3.80. The van der Waals surface area contributed by atoms with E-state index in [0.717, 1.165) is 16.9 Å². The molecule has 2 atom stereocenters. The van der Waals surface area contributed by atoms with Gasteiger partial charge in [-0.15, -0.1) is 13.2 Å². The number of halogens is 3. The molecule has 5 rings (SSSR count). The van der Waals surface area contributed by atoms with E-state index in [9.17, 15) is 18.0 Å². The molecule has 0 spiro atoms. The summed E-state index contributed by atoms with van der Waals surface area (Å²) in [6, 6.07) is 20.6. The second kappa shape index (κ2) is 13.0. The van der Waals surface area contributed by atoms with Crippen molar-refractivity contribution in [1.82, 2.24) is 9.97 Å². The Labute approximate surface area is 246 Å². The van der Waals surface area contributed by atoms with E-state index in [0.29, 0.717) is 48.2 Å². The van der Waals surface area contributed by atoms with Crippen LogP contribution in [0.4, 0.5) is 19.0 Å². The standard InChI is InChI=1S/C32H30F3N3O5/c1-3-41-31(39)26-16-25(26)30-28(42-19-20-7-10-23(40-2)11-8-20)13-12-27(38-30)22-9-14-29(37-18-22)36-17-21-5-4-6-24(15-21)43-32(33,34)35/h4-15,18,25-26H,3,16-17,19H2,1-2H3,(H,36,37)/t25-,26-/m0/s1. The molecular weight excluding hydrogens is 563 g/mol. The zero-order valence-corrected chi connectivity index (χ0v) is 23.6. The molecule has 0 unspecified atom stereocenters. The van der Waals surface area contributed by atoms with Crippen LogP contribution in [0.15, 0.2) is 79.0 Å². The number of esters is 1. The summed E-state index contributed by atoms with van der Waals surface area (Å²) in [6.45, 7) is 2.67. The van der Waals surface area contributed by atoms with Crippen LogP contribution in [0, 0.1) is 5.92 Å². The lowest BCUT2D eigenvalue weighted by Gasteiger charge is -2.13. The maximum atomic E-state index is 12.5. The Hall–Kier alpha value is -4.80. The minimum atomic E-state index is -4.75. The summed E-state index contributed by atoms with van der Waals surface area (Å²) >= 11 is 0. The number of anilines is 1. The molecule has 1 fully saturated rings. The number of pyridine rings is 2. The zero-order valence-electron chi connectivity index (χ0n) is 23.6. The molecule has 11 heteroatoms. The smallest absolute Gasteiger partial charge is 0.497 e. The van der Waals surface area contributed by atoms with E-state index in [4.69, 9.17) is 19.2 Å². The van der Waals surface area contributed by atoms with E-state index in [1.54, 1.807) is 32.4 Å². The maximum Gasteiger partial charge on any atom is 0.573 e. The molecule has 0 radical (unpaired) electrons. The lowest BCUT2D eigenvalue weighted by atomic mass is 10.1. The van der Waals surface area contributed by atoms with Crippen LogP contribution in [0.2, 0.25) is 0 Å². The van der Waals surface area contributed by atoms with E-state index < -0.39 is 6.36 Å². The molecule has 2 heterocycles. The predicted molar refractivity (Wildman–Crippen MR) is 153 cm³/mol. The number of hydrogen-bond acceptors (Lipinski definition) is 8. The Morgan fingerprint density at radius 1 is 1.00 bits per heavy atom. The lowest BCUT2D eigenvalue weighted by molar-refractivity contribution is -0.274. The Kier molecular flexibility index (Phi) is 8.98. The molecule has 2 aromatic heterocycles. The van der Waals surface area contributed by atoms with Gasteiger partial charge >= 0.3 is 12.3 Å². The third kappa shape index (κ3) is 7.94. The van der Waals surface area contributed by atoms with E-state index in [1.807, 2.05) is 42.5 Å². The first-order valence-electron chi connectivity index (χ1n) is 13.7. The van der Waals surface area contributed by atoms with Crippen molar-refractivity contribution < 1.29 is 36.9 Å². The number of rotatable bonds is 12. The molecule has 1 aliphatic rings. The number of carbonyl (C=O) groups is 1. The first-order valence-corrected chi connectivity index (χ1v) is 13.7. The summed E-state index contributed by atoms with van der Waals surface area (Å²) in [6.07, 6.45) is -2.47. The highest BCUT2D eigenvalue weighted by atomic mass is 19.4. The van der Waals surface area contributed by atoms with Crippen molar-refractivity contribution in [3.05, 3.63) is 95.8 Å². The number of alkyl halides is 3. The normalized spacial score (nSPS) is 15.8. The van der Waals surface area contributed by atoms with Gasteiger partial charge in [0.15, 0.2) is 0 Å². The van der Waals surface area contributed by atoms with Crippen LogP contribution in [0.3, 0.4) is 0 Å². The topological polar surface area (TPSA) is 91.8 Å². The summed E-state index contributed by atoms with van der Waals surface area (Å²) in [4.78, 5) is 21.7. The maximum absolute atomic E-state index is 12.5. The molecule has 8 nitrogen and oxygen atoms in total. The van der Waals surface area contributed by atoms with Crippen LogP contribution in [0.25, 0.3) is 11.3 Å². The third-order valence-electron chi connectivity index (χ3n) is 6.84. The second-order valence-corrected chi connectivity index (χ2v) is 9.90. The number of hydrogen-bond donors (Lipinski definition) is 1. The van der Waals surface area contributed by atoms with Crippen molar-refractivity contribution in [2.24, 2.45) is 5.92 Å². The van der Waals surface area contributed by atoms with E-state index in [1.165, 1.54) is 18.2 Å². The van der Waals surface area contributed by atoms with Crippen molar-refractivity contribution in [3.8, 4) is 28.5 Å². The monoisotopic (exact) mass is 593 g/mol. The summed E-state index contributed by atoms with van der Waals surface area (Å²) in [5.74, 6) is 0.981. The SMILES string of the molecule is CCOC(=O)[C@H]1C[C@@H]1c1nc(-c2ccc(NCc3cccc(OC(F)(F)F)c3)nc2)ccc1OCc1ccc(OC)cc1. The van der Waals surface area contributed by atoms with Crippen LogP contribution >= 0.6 is 0 Å². The van der Waals surface area contributed by atoms with Gasteiger partial charge in [0.25, 0.3) is 0 Å². The largest absolute Gasteiger partial charge is 0.573 e. The van der Waals surface area contributed by atoms with E-state index >= 15 is 0 Å². The molecule has 0 bridgehead atoms. The summed E-state index contributed by atoms with van der Waals surface area (Å²) in [5.41, 5.74) is 3.66. The Morgan fingerprint density at radius 3 is 2.51 bits per heavy atom. The Balaban J connectivity index is 1.29. The molecule has 1 aliphatic carbocycles. The van der Waals surface area contributed by atoms with Crippen LogP contribution < -0.4 is 19.5 Å². The van der Waals surface area contributed by atoms with E-state index in [-0.39, 0.29) is 30.1 Å². The van der Waals surface area contributed by atoms with Gasteiger partial charge in [-0.2, -0.15) is 0 Å². The number of methoxy groups -OCH3 is 1. The van der Waals surface area contributed by atoms with Crippen molar-refractivity contribution in [2.45, 2.75) is 38.8 Å². The van der Waals surface area contributed by atoms with E-state index in [2.05, 4.69) is 15.0 Å². The minimum Gasteiger partial charge on any atom is -0.497 e. The summed E-state index contributed by atoms with van der Waals surface area (Å²) in [5, 5.41) is 3.10. The van der Waals surface area contributed by atoms with Crippen molar-refractivity contribution >= 4 is 11.8 Å². The third-order valence-corrected chi connectivity index (χ3v) is 6.84. The molecule has 4 aromatic rings. The molecule has 1 N–H and O–H groups in total. The first kappa shape index (κ1) is 29.7. The first-order chi connectivity index (χ1) is 20.7.